The summed E-state index contributed by atoms with van der Waals surface area (Å²) < 4.78 is 6.27. The number of methoxy groups -OCH3 is 1. The Morgan fingerprint density at radius 1 is 1.15 bits per heavy atom. The van der Waals surface area contributed by atoms with Crippen LogP contribution in [0.5, 0.6) is 5.75 Å². The molecular formula is C19H21N3O5. The molecule has 1 saturated heterocycles. The van der Waals surface area contributed by atoms with Gasteiger partial charge in [0.2, 0.25) is 5.91 Å². The van der Waals surface area contributed by atoms with Crippen molar-refractivity contribution in [3.63, 3.8) is 0 Å². The Hall–Kier alpha value is -3.16. The summed E-state index contributed by atoms with van der Waals surface area (Å²) in [7, 11) is 1.58. The molecule has 27 heavy (non-hydrogen) atoms. The SMILES string of the molecule is COc1ccc(-c2ccc(=O)n(CC(=O)N3CCC(C(=O)O)CC3)n2)cc1. The molecule has 1 aromatic carbocycles. The van der Waals surface area contributed by atoms with Crippen LogP contribution < -0.4 is 10.3 Å². The van der Waals surface area contributed by atoms with E-state index in [1.54, 1.807) is 30.2 Å². The lowest BCUT2D eigenvalue weighted by molar-refractivity contribution is -0.145. The summed E-state index contributed by atoms with van der Waals surface area (Å²) in [4.78, 5) is 37.2. The minimum absolute atomic E-state index is 0.166. The molecule has 1 aromatic heterocycles. The molecule has 0 radical (unpaired) electrons. The number of hydrogen-bond donors (Lipinski definition) is 1. The van der Waals surface area contributed by atoms with Gasteiger partial charge < -0.3 is 14.7 Å². The van der Waals surface area contributed by atoms with E-state index in [0.29, 0.717) is 37.4 Å². The summed E-state index contributed by atoms with van der Waals surface area (Å²) in [6.45, 7) is 0.589. The number of benzene rings is 1. The Morgan fingerprint density at radius 3 is 2.41 bits per heavy atom. The zero-order valence-corrected chi connectivity index (χ0v) is 15.0. The van der Waals surface area contributed by atoms with Gasteiger partial charge >= 0.3 is 5.97 Å². The van der Waals surface area contributed by atoms with Gasteiger partial charge in [0.25, 0.3) is 5.56 Å². The standard InChI is InChI=1S/C19H21N3O5/c1-27-15-4-2-13(3-5-15)16-6-7-17(23)22(20-16)12-18(24)21-10-8-14(9-11-21)19(25)26/h2-7,14H,8-12H2,1H3,(H,25,26). The Balaban J connectivity index is 1.72. The van der Waals surface area contributed by atoms with Crippen LogP contribution in [0, 0.1) is 5.92 Å². The van der Waals surface area contributed by atoms with Gasteiger partial charge in [0.15, 0.2) is 0 Å². The van der Waals surface area contributed by atoms with E-state index in [-0.39, 0.29) is 18.0 Å². The molecule has 142 valence electrons. The molecule has 8 nitrogen and oxygen atoms in total. The lowest BCUT2D eigenvalue weighted by Gasteiger charge is -2.30. The number of carboxylic acids is 1. The predicted molar refractivity (Wildman–Crippen MR) is 97.4 cm³/mol. The van der Waals surface area contributed by atoms with Crippen LogP contribution in [-0.4, -0.2) is 51.9 Å². The zero-order valence-electron chi connectivity index (χ0n) is 15.0. The van der Waals surface area contributed by atoms with Crippen molar-refractivity contribution < 1.29 is 19.4 Å². The number of carboxylic acid groups (broad SMARTS) is 1. The molecule has 0 saturated carbocycles. The summed E-state index contributed by atoms with van der Waals surface area (Å²) in [6, 6.07) is 10.2. The molecule has 1 amide bonds. The maximum atomic E-state index is 12.5. The number of rotatable bonds is 5. The number of hydrogen-bond acceptors (Lipinski definition) is 5. The second kappa shape index (κ2) is 8.03. The maximum absolute atomic E-state index is 12.5. The Labute approximate surface area is 156 Å². The van der Waals surface area contributed by atoms with Crippen molar-refractivity contribution in [2.24, 2.45) is 5.92 Å². The molecule has 3 rings (SSSR count). The third-order valence-corrected chi connectivity index (χ3v) is 4.73. The summed E-state index contributed by atoms with van der Waals surface area (Å²) in [6.07, 6.45) is 0.852. The fourth-order valence-electron chi connectivity index (χ4n) is 3.08. The largest absolute Gasteiger partial charge is 0.497 e. The molecule has 2 aromatic rings. The molecule has 1 fully saturated rings. The first-order valence-electron chi connectivity index (χ1n) is 8.71. The second-order valence-electron chi connectivity index (χ2n) is 6.44. The van der Waals surface area contributed by atoms with Crippen LogP contribution >= 0.6 is 0 Å². The molecule has 2 heterocycles. The van der Waals surface area contributed by atoms with E-state index < -0.39 is 11.9 Å². The number of ether oxygens (including phenoxy) is 1. The third kappa shape index (κ3) is 4.33. The van der Waals surface area contributed by atoms with E-state index >= 15 is 0 Å². The Morgan fingerprint density at radius 2 is 1.81 bits per heavy atom. The van der Waals surface area contributed by atoms with Crippen LogP contribution in [0.1, 0.15) is 12.8 Å². The van der Waals surface area contributed by atoms with Gasteiger partial charge in [-0.2, -0.15) is 5.10 Å². The van der Waals surface area contributed by atoms with Gasteiger partial charge in [-0.1, -0.05) is 0 Å². The number of nitrogens with zero attached hydrogens (tertiary/aromatic N) is 3. The highest BCUT2D eigenvalue weighted by Gasteiger charge is 2.27. The average molecular weight is 371 g/mol. The quantitative estimate of drug-likeness (QED) is 0.849. The molecular weight excluding hydrogens is 350 g/mol. The van der Waals surface area contributed by atoms with Crippen molar-refractivity contribution >= 4 is 11.9 Å². The molecule has 0 aliphatic carbocycles. The predicted octanol–water partition coefficient (Wildman–Crippen LogP) is 1.24. The van der Waals surface area contributed by atoms with Crippen LogP contribution in [0.3, 0.4) is 0 Å². The minimum atomic E-state index is -0.827. The highest BCUT2D eigenvalue weighted by molar-refractivity contribution is 5.77. The highest BCUT2D eigenvalue weighted by atomic mass is 16.5. The minimum Gasteiger partial charge on any atom is -0.497 e. The van der Waals surface area contributed by atoms with E-state index in [9.17, 15) is 14.4 Å². The number of carbonyl (C=O) groups excluding carboxylic acids is 1. The first kappa shape index (κ1) is 18.6. The van der Waals surface area contributed by atoms with Crippen LogP contribution in [-0.2, 0) is 16.1 Å². The number of piperidine rings is 1. The van der Waals surface area contributed by atoms with Crippen molar-refractivity contribution in [1.29, 1.82) is 0 Å². The number of likely N-dealkylation sites (tertiary alicyclic amines) is 1. The third-order valence-electron chi connectivity index (χ3n) is 4.73. The van der Waals surface area contributed by atoms with E-state index in [2.05, 4.69) is 5.10 Å². The van der Waals surface area contributed by atoms with Gasteiger partial charge in [0.05, 0.1) is 18.7 Å². The summed E-state index contributed by atoms with van der Waals surface area (Å²) >= 11 is 0. The molecule has 1 aliphatic heterocycles. The number of aliphatic carboxylic acids is 1. The molecule has 8 heteroatoms. The zero-order chi connectivity index (χ0) is 19.4. The van der Waals surface area contributed by atoms with Crippen molar-refractivity contribution in [3.8, 4) is 17.0 Å². The molecule has 0 spiro atoms. The van der Waals surface area contributed by atoms with Gasteiger partial charge in [-0.05, 0) is 43.2 Å². The summed E-state index contributed by atoms with van der Waals surface area (Å²) in [5, 5.41) is 13.3. The van der Waals surface area contributed by atoms with Crippen molar-refractivity contribution in [1.82, 2.24) is 14.7 Å². The molecule has 0 atom stereocenters. The second-order valence-corrected chi connectivity index (χ2v) is 6.44. The topological polar surface area (TPSA) is 102 Å². The number of amides is 1. The molecule has 0 unspecified atom stereocenters. The lowest BCUT2D eigenvalue weighted by Crippen LogP contribution is -2.43. The average Bonchev–Trinajstić information content (AvgIpc) is 2.69. The van der Waals surface area contributed by atoms with Crippen molar-refractivity contribution in [2.75, 3.05) is 20.2 Å². The van der Waals surface area contributed by atoms with E-state index in [4.69, 9.17) is 9.84 Å². The highest BCUT2D eigenvalue weighted by Crippen LogP contribution is 2.20. The first-order chi connectivity index (χ1) is 13.0. The van der Waals surface area contributed by atoms with Gasteiger partial charge in [0, 0.05) is 24.7 Å². The van der Waals surface area contributed by atoms with Gasteiger partial charge in [-0.3, -0.25) is 14.4 Å². The lowest BCUT2D eigenvalue weighted by atomic mass is 9.97. The van der Waals surface area contributed by atoms with Crippen molar-refractivity contribution in [2.45, 2.75) is 19.4 Å². The van der Waals surface area contributed by atoms with Crippen LogP contribution in [0.25, 0.3) is 11.3 Å². The normalized spacial score (nSPS) is 14.8. The van der Waals surface area contributed by atoms with Gasteiger partial charge in [0.1, 0.15) is 12.3 Å². The first-order valence-corrected chi connectivity index (χ1v) is 8.71. The fraction of sp³-hybridized carbons (Fsp3) is 0.368. The van der Waals surface area contributed by atoms with Gasteiger partial charge in [-0.15, -0.1) is 0 Å². The summed E-state index contributed by atoms with van der Waals surface area (Å²) in [5.74, 6) is -0.757. The van der Waals surface area contributed by atoms with Crippen molar-refractivity contribution in [3.05, 3.63) is 46.8 Å². The van der Waals surface area contributed by atoms with E-state index in [0.717, 1.165) is 10.2 Å². The van der Waals surface area contributed by atoms with Gasteiger partial charge in [-0.25, -0.2) is 4.68 Å². The van der Waals surface area contributed by atoms with Crippen LogP contribution in [0.2, 0.25) is 0 Å². The Kier molecular flexibility index (Phi) is 5.54. The fourth-order valence-corrected chi connectivity index (χ4v) is 3.08. The van der Waals surface area contributed by atoms with E-state index in [1.165, 1.54) is 6.07 Å². The molecule has 1 N–H and O–H groups in total. The monoisotopic (exact) mass is 371 g/mol. The molecule has 1 aliphatic rings. The molecule has 0 bridgehead atoms. The Bertz CT molecular complexity index is 883. The number of carbonyl (C=O) groups is 2. The van der Waals surface area contributed by atoms with Crippen LogP contribution in [0.4, 0.5) is 0 Å². The smallest absolute Gasteiger partial charge is 0.306 e. The van der Waals surface area contributed by atoms with E-state index in [1.807, 2.05) is 12.1 Å². The maximum Gasteiger partial charge on any atom is 0.306 e. The summed E-state index contributed by atoms with van der Waals surface area (Å²) in [5.41, 5.74) is 1.02. The number of aromatic nitrogens is 2. The van der Waals surface area contributed by atoms with Crippen LogP contribution in [0.15, 0.2) is 41.2 Å².